The van der Waals surface area contributed by atoms with Gasteiger partial charge in [0.15, 0.2) is 0 Å². The third kappa shape index (κ3) is 2.82. The van der Waals surface area contributed by atoms with E-state index in [-0.39, 0.29) is 11.7 Å². The lowest BCUT2D eigenvalue weighted by molar-refractivity contribution is 0.0557. The first kappa shape index (κ1) is 14.9. The summed E-state index contributed by atoms with van der Waals surface area (Å²) in [6.45, 7) is 8.08. The van der Waals surface area contributed by atoms with Crippen LogP contribution in [0.3, 0.4) is 0 Å². The minimum Gasteiger partial charge on any atom is -0.508 e. The zero-order valence-electron chi connectivity index (χ0n) is 12.8. The summed E-state index contributed by atoms with van der Waals surface area (Å²) in [5.74, 6) is 0.317. The second-order valence-electron chi connectivity index (χ2n) is 6.00. The zero-order chi connectivity index (χ0) is 14.8. The summed E-state index contributed by atoms with van der Waals surface area (Å²) in [6.07, 6.45) is 4.60. The van der Waals surface area contributed by atoms with Crippen molar-refractivity contribution in [3.8, 4) is 5.75 Å². The van der Waals surface area contributed by atoms with Crippen molar-refractivity contribution in [1.29, 1.82) is 0 Å². The monoisotopic (exact) mass is 275 g/mol. The van der Waals surface area contributed by atoms with Gasteiger partial charge in [-0.1, -0.05) is 26.7 Å². The van der Waals surface area contributed by atoms with Crippen molar-refractivity contribution in [3.63, 3.8) is 0 Å². The van der Waals surface area contributed by atoms with Crippen LogP contribution >= 0.6 is 0 Å². The molecule has 2 rings (SSSR count). The molecule has 1 heterocycles. The molecule has 1 aliphatic heterocycles. The highest BCUT2D eigenvalue weighted by Gasteiger charge is 2.33. The van der Waals surface area contributed by atoms with Crippen LogP contribution in [0.25, 0.3) is 0 Å². The summed E-state index contributed by atoms with van der Waals surface area (Å²) in [4.78, 5) is 14.5. The largest absolute Gasteiger partial charge is 0.508 e. The summed E-state index contributed by atoms with van der Waals surface area (Å²) in [5.41, 5.74) is 1.99. The maximum atomic E-state index is 12.6. The molecule has 0 aromatic heterocycles. The standard InChI is InChI=1S/C17H25NO2/c1-4-17(5-2)8-10-18(11-9-17)16(20)15-7-6-14(19)12-13(15)3/h6-7,12,19H,4-5,8-11H2,1-3H3. The van der Waals surface area contributed by atoms with Gasteiger partial charge in [0.05, 0.1) is 0 Å². The Kier molecular flexibility index (Phi) is 4.36. The summed E-state index contributed by atoms with van der Waals surface area (Å²) in [7, 11) is 0. The lowest BCUT2D eigenvalue weighted by Crippen LogP contribution is -2.43. The smallest absolute Gasteiger partial charge is 0.254 e. The number of hydrogen-bond donors (Lipinski definition) is 1. The van der Waals surface area contributed by atoms with Crippen molar-refractivity contribution in [1.82, 2.24) is 4.90 Å². The molecule has 110 valence electrons. The summed E-state index contributed by atoms with van der Waals surface area (Å²) in [6, 6.07) is 4.97. The van der Waals surface area contributed by atoms with Crippen molar-refractivity contribution in [2.45, 2.75) is 46.5 Å². The number of aromatic hydroxyl groups is 1. The highest BCUT2D eigenvalue weighted by atomic mass is 16.3. The highest BCUT2D eigenvalue weighted by molar-refractivity contribution is 5.95. The predicted octanol–water partition coefficient (Wildman–Crippen LogP) is 3.74. The number of aryl methyl sites for hydroxylation is 1. The van der Waals surface area contributed by atoms with Crippen molar-refractivity contribution in [2.24, 2.45) is 5.41 Å². The molecule has 1 saturated heterocycles. The molecule has 1 amide bonds. The van der Waals surface area contributed by atoms with Crippen LogP contribution < -0.4 is 0 Å². The second kappa shape index (κ2) is 5.86. The molecule has 1 aliphatic rings. The Hall–Kier alpha value is -1.51. The number of likely N-dealkylation sites (tertiary alicyclic amines) is 1. The van der Waals surface area contributed by atoms with Crippen molar-refractivity contribution < 1.29 is 9.90 Å². The fraction of sp³-hybridized carbons (Fsp3) is 0.588. The van der Waals surface area contributed by atoms with E-state index < -0.39 is 0 Å². The molecule has 3 heteroatoms. The number of benzene rings is 1. The van der Waals surface area contributed by atoms with E-state index >= 15 is 0 Å². The predicted molar refractivity (Wildman–Crippen MR) is 81.0 cm³/mol. The molecular weight excluding hydrogens is 250 g/mol. The van der Waals surface area contributed by atoms with Gasteiger partial charge in [0.2, 0.25) is 0 Å². The van der Waals surface area contributed by atoms with Crippen LogP contribution in [0.4, 0.5) is 0 Å². The van der Waals surface area contributed by atoms with Gasteiger partial charge in [-0.3, -0.25) is 4.79 Å². The quantitative estimate of drug-likeness (QED) is 0.912. The summed E-state index contributed by atoms with van der Waals surface area (Å²) in [5, 5.41) is 9.44. The number of amides is 1. The van der Waals surface area contributed by atoms with Crippen LogP contribution in [-0.2, 0) is 0 Å². The van der Waals surface area contributed by atoms with Crippen molar-refractivity contribution >= 4 is 5.91 Å². The maximum Gasteiger partial charge on any atom is 0.254 e. The third-order valence-electron chi connectivity index (χ3n) is 5.05. The van der Waals surface area contributed by atoms with Crippen molar-refractivity contribution in [2.75, 3.05) is 13.1 Å². The van der Waals surface area contributed by atoms with E-state index in [1.807, 2.05) is 11.8 Å². The van der Waals surface area contributed by atoms with Gasteiger partial charge in [-0.15, -0.1) is 0 Å². The average Bonchev–Trinajstić information content (AvgIpc) is 2.47. The molecule has 1 N–H and O–H groups in total. The second-order valence-corrected chi connectivity index (χ2v) is 6.00. The van der Waals surface area contributed by atoms with Gasteiger partial charge in [0.25, 0.3) is 5.91 Å². The molecule has 0 atom stereocenters. The molecule has 0 radical (unpaired) electrons. The van der Waals surface area contributed by atoms with Gasteiger partial charge in [-0.2, -0.15) is 0 Å². The lowest BCUT2D eigenvalue weighted by Gasteiger charge is -2.41. The zero-order valence-corrected chi connectivity index (χ0v) is 12.8. The Bertz CT molecular complexity index is 482. The fourth-order valence-electron chi connectivity index (χ4n) is 3.20. The SMILES string of the molecule is CCC1(CC)CCN(C(=O)c2ccc(O)cc2C)CC1. The van der Waals surface area contributed by atoms with Crippen LogP contribution in [0, 0.1) is 12.3 Å². The van der Waals surface area contributed by atoms with E-state index in [0.717, 1.165) is 31.5 Å². The summed E-state index contributed by atoms with van der Waals surface area (Å²) < 4.78 is 0. The van der Waals surface area contributed by atoms with Gasteiger partial charge in [0, 0.05) is 18.7 Å². The van der Waals surface area contributed by atoms with Crippen LogP contribution in [0.2, 0.25) is 0 Å². The number of piperidine rings is 1. The highest BCUT2D eigenvalue weighted by Crippen LogP contribution is 2.38. The minimum absolute atomic E-state index is 0.100. The van der Waals surface area contributed by atoms with Crippen LogP contribution in [0.1, 0.15) is 55.5 Å². The molecule has 0 unspecified atom stereocenters. The fourth-order valence-corrected chi connectivity index (χ4v) is 3.20. The van der Waals surface area contributed by atoms with E-state index in [4.69, 9.17) is 0 Å². The molecule has 20 heavy (non-hydrogen) atoms. The normalized spacial score (nSPS) is 18.1. The number of phenols is 1. The molecule has 0 spiro atoms. The van der Waals surface area contributed by atoms with E-state index in [9.17, 15) is 9.90 Å². The van der Waals surface area contributed by atoms with Crippen LogP contribution in [0.15, 0.2) is 18.2 Å². The number of nitrogens with zero attached hydrogens (tertiary/aromatic N) is 1. The van der Waals surface area contributed by atoms with Gasteiger partial charge in [-0.25, -0.2) is 0 Å². The first-order valence-corrected chi connectivity index (χ1v) is 7.60. The number of carbonyl (C=O) groups is 1. The average molecular weight is 275 g/mol. The molecule has 1 fully saturated rings. The van der Waals surface area contributed by atoms with Gasteiger partial charge < -0.3 is 10.0 Å². The number of hydrogen-bond acceptors (Lipinski definition) is 2. The molecule has 1 aromatic carbocycles. The minimum atomic E-state index is 0.100. The van der Waals surface area contributed by atoms with Gasteiger partial charge >= 0.3 is 0 Å². The third-order valence-corrected chi connectivity index (χ3v) is 5.05. The molecule has 1 aromatic rings. The Morgan fingerprint density at radius 1 is 1.25 bits per heavy atom. The molecule has 0 saturated carbocycles. The number of rotatable bonds is 3. The van der Waals surface area contributed by atoms with Gasteiger partial charge in [0.1, 0.15) is 5.75 Å². The molecule has 3 nitrogen and oxygen atoms in total. The van der Waals surface area contributed by atoms with E-state index in [0.29, 0.717) is 11.0 Å². The Morgan fingerprint density at radius 2 is 1.85 bits per heavy atom. The van der Waals surface area contributed by atoms with Crippen molar-refractivity contribution in [3.05, 3.63) is 29.3 Å². The first-order chi connectivity index (χ1) is 9.51. The topological polar surface area (TPSA) is 40.5 Å². The Labute approximate surface area is 121 Å². The van der Waals surface area contributed by atoms with E-state index in [1.54, 1.807) is 18.2 Å². The Morgan fingerprint density at radius 3 is 2.35 bits per heavy atom. The van der Waals surface area contributed by atoms with Gasteiger partial charge in [-0.05, 0) is 48.9 Å². The van der Waals surface area contributed by atoms with E-state index in [2.05, 4.69) is 13.8 Å². The summed E-state index contributed by atoms with van der Waals surface area (Å²) >= 11 is 0. The molecule has 0 aliphatic carbocycles. The number of phenolic OH excluding ortho intramolecular Hbond substituents is 1. The lowest BCUT2D eigenvalue weighted by atomic mass is 9.74. The maximum absolute atomic E-state index is 12.6. The van der Waals surface area contributed by atoms with Crippen LogP contribution in [0.5, 0.6) is 5.75 Å². The molecular formula is C17H25NO2. The first-order valence-electron chi connectivity index (χ1n) is 7.60. The molecule has 0 bridgehead atoms. The van der Waals surface area contributed by atoms with Crippen LogP contribution in [-0.4, -0.2) is 29.0 Å². The number of carbonyl (C=O) groups excluding carboxylic acids is 1. The Balaban J connectivity index is 2.09. The van der Waals surface area contributed by atoms with E-state index in [1.165, 1.54) is 12.8 Å².